The number of carbonyl (C=O) groups is 3. The third-order valence-corrected chi connectivity index (χ3v) is 6.13. The van der Waals surface area contributed by atoms with E-state index < -0.39 is 23.7 Å². The number of imidazole rings is 1. The molecule has 164 valence electrons. The molecule has 1 aliphatic rings. The maximum Gasteiger partial charge on any atom is 0.269 e. The molecule has 0 bridgehead atoms. The van der Waals surface area contributed by atoms with Crippen molar-refractivity contribution < 1.29 is 19.1 Å². The minimum absolute atomic E-state index is 0.286. The summed E-state index contributed by atoms with van der Waals surface area (Å²) in [7, 11) is 0. The van der Waals surface area contributed by atoms with Gasteiger partial charge in [-0.3, -0.25) is 24.3 Å². The van der Waals surface area contributed by atoms with Crippen LogP contribution in [0.2, 0.25) is 0 Å². The molecular formula is C24H24N4O4. The highest BCUT2D eigenvalue weighted by Crippen LogP contribution is 2.36. The lowest BCUT2D eigenvalue weighted by molar-refractivity contribution is -0.621. The van der Waals surface area contributed by atoms with E-state index in [0.29, 0.717) is 17.8 Å². The van der Waals surface area contributed by atoms with Crippen LogP contribution in [-0.4, -0.2) is 38.6 Å². The predicted molar refractivity (Wildman–Crippen MR) is 115 cm³/mol. The Morgan fingerprint density at radius 2 is 1.91 bits per heavy atom. The van der Waals surface area contributed by atoms with E-state index >= 15 is 0 Å². The molecule has 1 fully saturated rings. The molecule has 3 heterocycles. The molecule has 2 atom stereocenters. The van der Waals surface area contributed by atoms with Gasteiger partial charge >= 0.3 is 0 Å². The highest BCUT2D eigenvalue weighted by molar-refractivity contribution is 6.15. The van der Waals surface area contributed by atoms with Gasteiger partial charge in [-0.1, -0.05) is 36.4 Å². The minimum Gasteiger partial charge on any atom is -0.711 e. The lowest BCUT2D eigenvalue weighted by Crippen LogP contribution is -2.41. The van der Waals surface area contributed by atoms with Crippen LogP contribution in [-0.2, 0) is 20.9 Å². The fraction of sp³-hybridized carbons (Fsp3) is 0.292. The zero-order chi connectivity index (χ0) is 23.0. The van der Waals surface area contributed by atoms with Gasteiger partial charge in [0.05, 0.1) is 6.54 Å². The first-order valence-corrected chi connectivity index (χ1v) is 10.4. The Kier molecular flexibility index (Phi) is 5.61. The van der Waals surface area contributed by atoms with E-state index in [1.807, 2.05) is 41.8 Å². The molecule has 0 unspecified atom stereocenters. The van der Waals surface area contributed by atoms with Crippen LogP contribution in [0.3, 0.4) is 0 Å². The molecule has 0 aliphatic carbocycles. The molecule has 2 aromatic heterocycles. The van der Waals surface area contributed by atoms with Crippen LogP contribution >= 0.6 is 0 Å². The van der Waals surface area contributed by atoms with Crippen LogP contribution in [0.5, 0.6) is 0 Å². The smallest absolute Gasteiger partial charge is 0.269 e. The number of carbonyl (C=O) groups excluding carboxylic acids is 3. The van der Waals surface area contributed by atoms with Gasteiger partial charge in [0.2, 0.25) is 11.8 Å². The van der Waals surface area contributed by atoms with Gasteiger partial charge in [-0.2, -0.15) is 0 Å². The van der Waals surface area contributed by atoms with Gasteiger partial charge in [-0.25, -0.2) is 9.30 Å². The van der Waals surface area contributed by atoms with Crippen molar-refractivity contribution >= 4 is 17.6 Å². The second kappa shape index (κ2) is 8.37. The number of hydrogen-bond acceptors (Lipinski definition) is 5. The average molecular weight is 432 g/mol. The summed E-state index contributed by atoms with van der Waals surface area (Å²) < 4.78 is 2.65. The Hall–Kier alpha value is -3.81. The van der Waals surface area contributed by atoms with E-state index in [1.165, 1.54) is 6.92 Å². The first-order valence-electron chi connectivity index (χ1n) is 10.4. The summed E-state index contributed by atoms with van der Waals surface area (Å²) in [5, 5.41) is 13.4. The average Bonchev–Trinajstić information content (AvgIpc) is 3.19. The SMILES string of the molecule is CC(=O)N1CC(=O)[C@@H]([C@H](c2cccnc2)c2n(Cc3ccccc3)c(C)c(C)[n+]2[O-])C1=O. The molecule has 0 spiro atoms. The highest BCUT2D eigenvalue weighted by Gasteiger charge is 2.50. The van der Waals surface area contributed by atoms with Crippen LogP contribution in [0.4, 0.5) is 0 Å². The third kappa shape index (κ3) is 3.57. The molecule has 32 heavy (non-hydrogen) atoms. The van der Waals surface area contributed by atoms with Crippen molar-refractivity contribution in [2.45, 2.75) is 33.2 Å². The normalized spacial score (nSPS) is 17.1. The monoisotopic (exact) mass is 432 g/mol. The molecule has 3 aromatic rings. The number of aromatic nitrogens is 3. The molecule has 1 saturated heterocycles. The quantitative estimate of drug-likeness (QED) is 0.348. The van der Waals surface area contributed by atoms with Crippen LogP contribution in [0, 0.1) is 25.0 Å². The van der Waals surface area contributed by atoms with E-state index in [2.05, 4.69) is 4.98 Å². The summed E-state index contributed by atoms with van der Waals surface area (Å²) in [6.07, 6.45) is 3.15. The Labute approximate surface area is 185 Å². The number of rotatable bonds is 5. The van der Waals surface area contributed by atoms with E-state index in [9.17, 15) is 19.6 Å². The van der Waals surface area contributed by atoms with Crippen LogP contribution in [0.1, 0.15) is 41.2 Å². The standard InChI is InChI=1S/C24H24N4O4/c1-15-16(2)28(32)23(26(15)13-18-8-5-4-6-9-18)21(19-10-7-11-25-12-19)22-20(30)14-27(17(3)29)24(22)31/h4-12,21-22H,13-14H2,1-3H3/t21-,22-/m0/s1. The van der Waals surface area contributed by atoms with E-state index in [-0.39, 0.29) is 18.2 Å². The maximum absolute atomic E-state index is 13.4. The molecule has 8 heteroatoms. The fourth-order valence-electron chi connectivity index (χ4n) is 4.34. The first kappa shape index (κ1) is 21.4. The van der Waals surface area contributed by atoms with Crippen molar-refractivity contribution in [3.05, 3.63) is 88.4 Å². The number of ketones is 1. The maximum atomic E-state index is 13.4. The number of nitrogens with zero attached hydrogens (tertiary/aromatic N) is 4. The van der Waals surface area contributed by atoms with Crippen molar-refractivity contribution in [1.82, 2.24) is 14.5 Å². The molecule has 0 saturated carbocycles. The molecule has 1 aromatic carbocycles. The zero-order valence-corrected chi connectivity index (χ0v) is 18.2. The summed E-state index contributed by atoms with van der Waals surface area (Å²) in [5.41, 5.74) is 2.79. The number of amides is 2. The van der Waals surface area contributed by atoms with Gasteiger partial charge in [-0.05, 0) is 17.2 Å². The topological polar surface area (TPSA) is 99.2 Å². The molecule has 2 amide bonds. The summed E-state index contributed by atoms with van der Waals surface area (Å²) in [5.74, 6) is -3.22. The van der Waals surface area contributed by atoms with Gasteiger partial charge in [0.1, 0.15) is 29.8 Å². The zero-order valence-electron chi connectivity index (χ0n) is 18.2. The second-order valence-corrected chi connectivity index (χ2v) is 8.05. The van der Waals surface area contributed by atoms with Crippen LogP contribution in [0.15, 0.2) is 54.9 Å². The minimum atomic E-state index is -1.17. The van der Waals surface area contributed by atoms with E-state index in [4.69, 9.17) is 0 Å². The predicted octanol–water partition coefficient (Wildman–Crippen LogP) is 1.89. The molecule has 0 N–H and O–H groups in total. The lowest BCUT2D eigenvalue weighted by atomic mass is 9.84. The van der Waals surface area contributed by atoms with E-state index in [0.717, 1.165) is 20.9 Å². The van der Waals surface area contributed by atoms with Gasteiger partial charge in [0.15, 0.2) is 5.78 Å². The lowest BCUT2D eigenvalue weighted by Gasteiger charge is -2.22. The van der Waals surface area contributed by atoms with Crippen molar-refractivity contribution in [3.63, 3.8) is 0 Å². The number of pyridine rings is 1. The molecule has 8 nitrogen and oxygen atoms in total. The van der Waals surface area contributed by atoms with E-state index in [1.54, 1.807) is 31.5 Å². The second-order valence-electron chi connectivity index (χ2n) is 8.05. The summed E-state index contributed by atoms with van der Waals surface area (Å²) >= 11 is 0. The number of benzene rings is 1. The Morgan fingerprint density at radius 3 is 2.50 bits per heavy atom. The molecule has 0 radical (unpaired) electrons. The third-order valence-electron chi connectivity index (χ3n) is 6.13. The number of hydrogen-bond donors (Lipinski definition) is 0. The van der Waals surface area contributed by atoms with Crippen molar-refractivity contribution in [3.8, 4) is 0 Å². The summed E-state index contributed by atoms with van der Waals surface area (Å²) in [6.45, 7) is 4.93. The fourth-order valence-corrected chi connectivity index (χ4v) is 4.34. The van der Waals surface area contributed by atoms with Crippen molar-refractivity contribution in [1.29, 1.82) is 0 Å². The summed E-state index contributed by atoms with van der Waals surface area (Å²) in [6, 6.07) is 13.1. The van der Waals surface area contributed by atoms with Crippen molar-refractivity contribution in [2.24, 2.45) is 5.92 Å². The summed E-state index contributed by atoms with van der Waals surface area (Å²) in [4.78, 5) is 43.2. The van der Waals surface area contributed by atoms with Crippen LogP contribution < -0.4 is 4.73 Å². The Bertz CT molecular complexity index is 1190. The van der Waals surface area contributed by atoms with Crippen LogP contribution in [0.25, 0.3) is 0 Å². The highest BCUT2D eigenvalue weighted by atomic mass is 16.5. The number of imide groups is 1. The number of likely N-dealkylation sites (tertiary alicyclic amines) is 1. The first-order chi connectivity index (χ1) is 15.3. The van der Waals surface area contributed by atoms with Gasteiger partial charge in [0, 0.05) is 33.2 Å². The van der Waals surface area contributed by atoms with Gasteiger partial charge in [0.25, 0.3) is 5.82 Å². The largest absolute Gasteiger partial charge is 0.711 e. The molecule has 4 rings (SSSR count). The van der Waals surface area contributed by atoms with Crippen molar-refractivity contribution in [2.75, 3.05) is 6.54 Å². The Balaban J connectivity index is 1.92. The molecular weight excluding hydrogens is 408 g/mol. The molecule has 1 aliphatic heterocycles. The number of Topliss-reactive ketones (excluding diaryl/α,β-unsaturated/α-hetero) is 1. The van der Waals surface area contributed by atoms with Gasteiger partial charge in [-0.15, -0.1) is 0 Å². The Morgan fingerprint density at radius 1 is 1.19 bits per heavy atom. The van der Waals surface area contributed by atoms with Gasteiger partial charge < -0.3 is 5.21 Å².